The van der Waals surface area contributed by atoms with Gasteiger partial charge in [-0.3, -0.25) is 14.3 Å². The lowest BCUT2D eigenvalue weighted by Crippen LogP contribution is -2.40. The van der Waals surface area contributed by atoms with Gasteiger partial charge in [0.05, 0.1) is 11.4 Å². The molecule has 0 radical (unpaired) electrons. The van der Waals surface area contributed by atoms with Gasteiger partial charge in [0.1, 0.15) is 0 Å². The van der Waals surface area contributed by atoms with Gasteiger partial charge in [-0.15, -0.1) is 0 Å². The Morgan fingerprint density at radius 2 is 1.85 bits per heavy atom. The molecule has 1 aliphatic heterocycles. The van der Waals surface area contributed by atoms with E-state index in [2.05, 4.69) is 9.97 Å². The van der Waals surface area contributed by atoms with Crippen molar-refractivity contribution in [1.29, 1.82) is 0 Å². The number of benzene rings is 1. The van der Waals surface area contributed by atoms with Crippen LogP contribution in [-0.2, 0) is 0 Å². The minimum Gasteiger partial charge on any atom is -0.338 e. The lowest BCUT2D eigenvalue weighted by Gasteiger charge is -2.32. The first-order chi connectivity index (χ1) is 13.1. The fourth-order valence-corrected chi connectivity index (χ4v) is 3.58. The molecule has 1 amide bonds. The zero-order valence-electron chi connectivity index (χ0n) is 14.6. The Morgan fingerprint density at radius 1 is 1.11 bits per heavy atom. The van der Waals surface area contributed by atoms with Crippen LogP contribution in [0.4, 0.5) is 0 Å². The predicted octanol–water partition coefficient (Wildman–Crippen LogP) is 3.37. The number of aromatic nitrogens is 3. The summed E-state index contributed by atoms with van der Waals surface area (Å²) in [6, 6.07) is 12.6. The van der Waals surface area contributed by atoms with E-state index < -0.39 is 0 Å². The third-order valence-electron chi connectivity index (χ3n) is 4.92. The third kappa shape index (κ3) is 3.66. The number of carbonyl (C=O) groups excluding carboxylic acids is 1. The lowest BCUT2D eigenvalue weighted by atomic mass is 10.0. The van der Waals surface area contributed by atoms with Crippen molar-refractivity contribution in [3.63, 3.8) is 0 Å². The van der Waals surface area contributed by atoms with E-state index in [1.165, 1.54) is 0 Å². The van der Waals surface area contributed by atoms with Crippen LogP contribution in [0.3, 0.4) is 0 Å². The average Bonchev–Trinajstić information content (AvgIpc) is 3.10. The highest BCUT2D eigenvalue weighted by Gasteiger charge is 2.26. The summed E-state index contributed by atoms with van der Waals surface area (Å²) >= 11 is 5.89. The number of nitrogens with one attached hydrogen (secondary N) is 1. The molecule has 1 aromatic carbocycles. The normalized spacial score (nSPS) is 15.1. The summed E-state index contributed by atoms with van der Waals surface area (Å²) in [5, 5.41) is 0.612. The maximum Gasteiger partial charge on any atom is 0.326 e. The van der Waals surface area contributed by atoms with E-state index in [0.29, 0.717) is 29.4 Å². The van der Waals surface area contributed by atoms with Crippen LogP contribution in [0.1, 0.15) is 29.2 Å². The van der Waals surface area contributed by atoms with Gasteiger partial charge in [0, 0.05) is 42.1 Å². The van der Waals surface area contributed by atoms with Gasteiger partial charge >= 0.3 is 5.69 Å². The number of likely N-dealkylation sites (tertiary alicyclic amines) is 1. The number of nitrogens with zero attached hydrogens (tertiary/aromatic N) is 3. The van der Waals surface area contributed by atoms with E-state index in [4.69, 9.17) is 11.6 Å². The molecule has 0 saturated carbocycles. The summed E-state index contributed by atoms with van der Waals surface area (Å²) in [4.78, 5) is 34.0. The number of amides is 1. The highest BCUT2D eigenvalue weighted by Crippen LogP contribution is 2.24. The average molecular weight is 383 g/mol. The summed E-state index contributed by atoms with van der Waals surface area (Å²) in [7, 11) is 0. The Balaban J connectivity index is 1.45. The molecular formula is C20H19ClN4O2. The summed E-state index contributed by atoms with van der Waals surface area (Å²) in [5.41, 5.74) is 1.94. The van der Waals surface area contributed by atoms with Crippen LogP contribution < -0.4 is 5.69 Å². The number of rotatable bonds is 3. The molecule has 0 aliphatic carbocycles. The van der Waals surface area contributed by atoms with Gasteiger partial charge in [-0.2, -0.15) is 0 Å². The number of carbonyl (C=O) groups is 1. The maximum absolute atomic E-state index is 12.6. The number of H-pyrrole nitrogens is 1. The second-order valence-corrected chi connectivity index (χ2v) is 7.06. The number of hydrogen-bond donors (Lipinski definition) is 1. The molecule has 138 valence electrons. The standard InChI is InChI=1S/C20H19ClN4O2/c21-15-6-4-14(5-7-15)19(26)24-11-8-16(9-12-24)25-13-18(23-20(25)27)17-3-1-2-10-22-17/h1-7,10,13,16H,8-9,11-12H2,(H,23,27). The molecule has 0 unspecified atom stereocenters. The molecule has 2 aromatic heterocycles. The quantitative estimate of drug-likeness (QED) is 0.755. The van der Waals surface area contributed by atoms with Gasteiger partial charge in [-0.05, 0) is 49.2 Å². The summed E-state index contributed by atoms with van der Waals surface area (Å²) in [6.45, 7) is 1.23. The van der Waals surface area contributed by atoms with Crippen molar-refractivity contribution in [1.82, 2.24) is 19.4 Å². The second-order valence-electron chi connectivity index (χ2n) is 6.63. The fraction of sp³-hybridized carbons (Fsp3) is 0.250. The van der Waals surface area contributed by atoms with Crippen LogP contribution in [-0.4, -0.2) is 38.4 Å². The highest BCUT2D eigenvalue weighted by molar-refractivity contribution is 6.30. The van der Waals surface area contributed by atoms with E-state index in [1.807, 2.05) is 29.3 Å². The van der Waals surface area contributed by atoms with Crippen LogP contribution >= 0.6 is 11.6 Å². The first-order valence-corrected chi connectivity index (χ1v) is 9.27. The van der Waals surface area contributed by atoms with E-state index in [0.717, 1.165) is 18.5 Å². The van der Waals surface area contributed by atoms with E-state index in [1.54, 1.807) is 35.0 Å². The van der Waals surface area contributed by atoms with Gasteiger partial charge in [0.25, 0.3) is 5.91 Å². The first kappa shape index (κ1) is 17.5. The van der Waals surface area contributed by atoms with Crippen molar-refractivity contribution in [3.05, 3.63) is 75.9 Å². The summed E-state index contributed by atoms with van der Waals surface area (Å²) in [5.74, 6) is 0.000654. The number of halogens is 1. The second kappa shape index (κ2) is 7.40. The van der Waals surface area contributed by atoms with Crippen LogP contribution in [0.2, 0.25) is 5.02 Å². The number of piperidine rings is 1. The molecule has 0 spiro atoms. The molecule has 3 heterocycles. The molecule has 4 rings (SSSR count). The maximum atomic E-state index is 12.6. The fourth-order valence-electron chi connectivity index (χ4n) is 3.46. The molecule has 1 fully saturated rings. The Labute approximate surface area is 161 Å². The van der Waals surface area contributed by atoms with Gasteiger partial charge in [0.2, 0.25) is 0 Å². The largest absolute Gasteiger partial charge is 0.338 e. The van der Waals surface area contributed by atoms with Crippen molar-refractivity contribution >= 4 is 17.5 Å². The zero-order chi connectivity index (χ0) is 18.8. The monoisotopic (exact) mass is 382 g/mol. The Hall–Kier alpha value is -2.86. The molecule has 1 N–H and O–H groups in total. The number of imidazole rings is 1. The molecule has 1 aliphatic rings. The van der Waals surface area contributed by atoms with Gasteiger partial charge in [-0.25, -0.2) is 4.79 Å². The molecule has 7 heteroatoms. The SMILES string of the molecule is O=C(c1ccc(Cl)cc1)N1CCC(n2cc(-c3ccccn3)[nH]c2=O)CC1. The Kier molecular flexibility index (Phi) is 4.81. The minimum absolute atomic E-state index is 0.000654. The summed E-state index contributed by atoms with van der Waals surface area (Å²) in [6.07, 6.45) is 5.00. The molecular weight excluding hydrogens is 364 g/mol. The molecule has 6 nitrogen and oxygen atoms in total. The van der Waals surface area contributed by atoms with Crippen molar-refractivity contribution in [2.45, 2.75) is 18.9 Å². The van der Waals surface area contributed by atoms with E-state index in [9.17, 15) is 9.59 Å². The highest BCUT2D eigenvalue weighted by atomic mass is 35.5. The Morgan fingerprint density at radius 3 is 2.52 bits per heavy atom. The van der Waals surface area contributed by atoms with E-state index in [-0.39, 0.29) is 17.6 Å². The van der Waals surface area contributed by atoms with Crippen molar-refractivity contribution in [2.24, 2.45) is 0 Å². The van der Waals surface area contributed by atoms with Gasteiger partial charge < -0.3 is 9.88 Å². The first-order valence-electron chi connectivity index (χ1n) is 8.89. The Bertz CT molecular complexity index is 987. The number of aromatic amines is 1. The van der Waals surface area contributed by atoms with E-state index >= 15 is 0 Å². The lowest BCUT2D eigenvalue weighted by molar-refractivity contribution is 0.0693. The predicted molar refractivity (Wildman–Crippen MR) is 104 cm³/mol. The molecule has 3 aromatic rings. The minimum atomic E-state index is -0.141. The molecule has 0 bridgehead atoms. The van der Waals surface area contributed by atoms with Crippen molar-refractivity contribution < 1.29 is 4.79 Å². The zero-order valence-corrected chi connectivity index (χ0v) is 15.4. The van der Waals surface area contributed by atoms with Crippen molar-refractivity contribution in [3.8, 4) is 11.4 Å². The molecule has 0 atom stereocenters. The number of hydrogen-bond acceptors (Lipinski definition) is 3. The molecule has 1 saturated heterocycles. The van der Waals surface area contributed by atoms with Crippen LogP contribution in [0.5, 0.6) is 0 Å². The summed E-state index contributed by atoms with van der Waals surface area (Å²) < 4.78 is 1.73. The van der Waals surface area contributed by atoms with Gasteiger partial charge in [-0.1, -0.05) is 17.7 Å². The number of pyridine rings is 1. The van der Waals surface area contributed by atoms with Crippen LogP contribution in [0.25, 0.3) is 11.4 Å². The molecule has 27 heavy (non-hydrogen) atoms. The van der Waals surface area contributed by atoms with Crippen LogP contribution in [0, 0.1) is 0 Å². The van der Waals surface area contributed by atoms with Gasteiger partial charge in [0.15, 0.2) is 0 Å². The third-order valence-corrected chi connectivity index (χ3v) is 5.17. The van der Waals surface area contributed by atoms with Crippen molar-refractivity contribution in [2.75, 3.05) is 13.1 Å². The smallest absolute Gasteiger partial charge is 0.326 e. The topological polar surface area (TPSA) is 71.0 Å². The van der Waals surface area contributed by atoms with Crippen LogP contribution in [0.15, 0.2) is 59.7 Å².